The van der Waals surface area contributed by atoms with Crippen LogP contribution in [0.15, 0.2) is 72.1 Å². The predicted octanol–water partition coefficient (Wildman–Crippen LogP) is 0.655. The third-order valence-corrected chi connectivity index (χ3v) is 4.26. The van der Waals surface area contributed by atoms with Crippen LogP contribution >= 0.6 is 11.8 Å². The standard InChI is InChI=1S/C17H18N3S.HI/c1-2-13-21-17-18-20(16-11-7-4-8-12-16)14-19(17)15-9-5-3-6-10-15;/h3-12,14H,2,13H2,1H3;1H/q+1;/p-1. The van der Waals surface area contributed by atoms with Gasteiger partial charge in [0, 0.05) is 5.75 Å². The zero-order valence-electron chi connectivity index (χ0n) is 12.4. The van der Waals surface area contributed by atoms with Gasteiger partial charge in [0.25, 0.3) is 0 Å². The van der Waals surface area contributed by atoms with E-state index in [-0.39, 0.29) is 24.0 Å². The molecule has 5 heteroatoms. The summed E-state index contributed by atoms with van der Waals surface area (Å²) < 4.78 is 4.08. The van der Waals surface area contributed by atoms with Crippen LogP contribution in [0.1, 0.15) is 13.3 Å². The molecule has 0 saturated carbocycles. The van der Waals surface area contributed by atoms with Crippen molar-refractivity contribution in [3.8, 4) is 11.4 Å². The van der Waals surface area contributed by atoms with Crippen molar-refractivity contribution in [2.24, 2.45) is 0 Å². The van der Waals surface area contributed by atoms with Crippen LogP contribution < -0.4 is 28.5 Å². The van der Waals surface area contributed by atoms with Gasteiger partial charge < -0.3 is 24.0 Å². The minimum atomic E-state index is 0. The van der Waals surface area contributed by atoms with E-state index in [0.29, 0.717) is 0 Å². The van der Waals surface area contributed by atoms with Gasteiger partial charge in [0.1, 0.15) is 11.4 Å². The van der Waals surface area contributed by atoms with Crippen molar-refractivity contribution in [3.05, 3.63) is 67.0 Å². The van der Waals surface area contributed by atoms with E-state index in [4.69, 9.17) is 5.10 Å². The lowest BCUT2D eigenvalue weighted by Gasteiger charge is -1.98. The van der Waals surface area contributed by atoms with Crippen LogP contribution in [0.4, 0.5) is 0 Å². The van der Waals surface area contributed by atoms with Crippen molar-refractivity contribution in [3.63, 3.8) is 0 Å². The molecule has 0 bridgehead atoms. The molecule has 0 unspecified atom stereocenters. The van der Waals surface area contributed by atoms with Crippen LogP contribution in [0.2, 0.25) is 0 Å². The minimum Gasteiger partial charge on any atom is -1.00 e. The monoisotopic (exact) mass is 423 g/mol. The summed E-state index contributed by atoms with van der Waals surface area (Å²) in [4.78, 5) is 0. The highest BCUT2D eigenvalue weighted by molar-refractivity contribution is 7.99. The summed E-state index contributed by atoms with van der Waals surface area (Å²) in [7, 11) is 0. The Bertz CT molecular complexity index is 698. The molecule has 22 heavy (non-hydrogen) atoms. The minimum absolute atomic E-state index is 0. The molecule has 0 radical (unpaired) electrons. The van der Waals surface area contributed by atoms with Crippen molar-refractivity contribution in [2.75, 3.05) is 5.75 Å². The van der Waals surface area contributed by atoms with Crippen LogP contribution in [0.5, 0.6) is 0 Å². The number of thioether (sulfide) groups is 1. The fourth-order valence-corrected chi connectivity index (χ4v) is 2.91. The normalized spacial score (nSPS) is 10.2. The Morgan fingerprint density at radius 3 is 2.27 bits per heavy atom. The van der Waals surface area contributed by atoms with E-state index < -0.39 is 0 Å². The number of nitrogens with zero attached hydrogens (tertiary/aromatic N) is 3. The Labute approximate surface area is 152 Å². The van der Waals surface area contributed by atoms with E-state index in [1.54, 1.807) is 11.8 Å². The van der Waals surface area contributed by atoms with Gasteiger partial charge in [-0.05, 0) is 42.4 Å². The second kappa shape index (κ2) is 8.33. The lowest BCUT2D eigenvalue weighted by Crippen LogP contribution is -3.00. The number of hydrogen-bond acceptors (Lipinski definition) is 2. The molecular weight excluding hydrogens is 405 g/mol. The predicted molar refractivity (Wildman–Crippen MR) is 86.1 cm³/mol. The average Bonchev–Trinajstić information content (AvgIpc) is 2.99. The molecule has 0 aliphatic rings. The first-order valence-electron chi connectivity index (χ1n) is 7.13. The zero-order valence-corrected chi connectivity index (χ0v) is 15.4. The maximum absolute atomic E-state index is 4.74. The molecule has 0 aliphatic carbocycles. The second-order valence-corrected chi connectivity index (χ2v) is 5.79. The number of hydrogen-bond donors (Lipinski definition) is 0. The first-order chi connectivity index (χ1) is 10.4. The average molecular weight is 423 g/mol. The molecule has 3 nitrogen and oxygen atoms in total. The van der Waals surface area contributed by atoms with Crippen molar-refractivity contribution in [2.45, 2.75) is 18.5 Å². The Morgan fingerprint density at radius 2 is 1.64 bits per heavy atom. The smallest absolute Gasteiger partial charge is 0.342 e. The second-order valence-electron chi connectivity index (χ2n) is 4.73. The van der Waals surface area contributed by atoms with Gasteiger partial charge in [0.2, 0.25) is 6.33 Å². The van der Waals surface area contributed by atoms with E-state index in [2.05, 4.69) is 47.9 Å². The molecule has 0 N–H and O–H groups in total. The van der Waals surface area contributed by atoms with E-state index >= 15 is 0 Å². The van der Waals surface area contributed by atoms with E-state index in [0.717, 1.165) is 28.7 Å². The summed E-state index contributed by atoms with van der Waals surface area (Å²) in [5, 5.41) is 5.76. The van der Waals surface area contributed by atoms with Crippen LogP contribution in [0.3, 0.4) is 0 Å². The lowest BCUT2D eigenvalue weighted by atomic mass is 10.3. The number of aromatic nitrogens is 3. The maximum Gasteiger partial charge on any atom is 0.342 e. The number of benzene rings is 2. The largest absolute Gasteiger partial charge is 1.00 e. The summed E-state index contributed by atoms with van der Waals surface area (Å²) >= 11 is 1.79. The topological polar surface area (TPSA) is 21.7 Å². The molecular formula is C17H18IN3S. The first-order valence-corrected chi connectivity index (χ1v) is 8.12. The quantitative estimate of drug-likeness (QED) is 0.342. The van der Waals surface area contributed by atoms with Crippen LogP contribution in [-0.4, -0.2) is 15.5 Å². The highest BCUT2D eigenvalue weighted by Gasteiger charge is 2.19. The van der Waals surface area contributed by atoms with Gasteiger partial charge >= 0.3 is 5.16 Å². The third kappa shape index (κ3) is 3.89. The van der Waals surface area contributed by atoms with E-state index in [9.17, 15) is 0 Å². The van der Waals surface area contributed by atoms with Crippen LogP contribution in [0.25, 0.3) is 11.4 Å². The van der Waals surface area contributed by atoms with Gasteiger partial charge in [0.15, 0.2) is 0 Å². The molecule has 3 aromatic rings. The highest BCUT2D eigenvalue weighted by atomic mass is 127. The van der Waals surface area contributed by atoms with Crippen molar-refractivity contribution in [1.82, 2.24) is 9.78 Å². The van der Waals surface area contributed by atoms with Crippen molar-refractivity contribution < 1.29 is 28.5 Å². The fraction of sp³-hybridized carbons (Fsp3) is 0.176. The molecule has 0 amide bonds. The summed E-state index contributed by atoms with van der Waals surface area (Å²) in [6.45, 7) is 2.19. The SMILES string of the molecule is CCCSc1nn(-c2ccccc2)c[n+]1-c1ccccc1.[I-]. The highest BCUT2D eigenvalue weighted by Crippen LogP contribution is 2.16. The summed E-state index contributed by atoms with van der Waals surface area (Å²) in [6.07, 6.45) is 3.18. The fourth-order valence-electron chi connectivity index (χ4n) is 2.09. The summed E-state index contributed by atoms with van der Waals surface area (Å²) in [5.41, 5.74) is 2.21. The molecule has 114 valence electrons. The summed E-state index contributed by atoms with van der Waals surface area (Å²) in [6, 6.07) is 20.6. The Balaban J connectivity index is 0.00000176. The van der Waals surface area contributed by atoms with Gasteiger partial charge in [-0.25, -0.2) is 0 Å². The number of halogens is 1. The molecule has 2 aromatic carbocycles. The maximum atomic E-state index is 4.74. The van der Waals surface area contributed by atoms with E-state index in [1.165, 1.54) is 0 Å². The summed E-state index contributed by atoms with van der Waals surface area (Å²) in [5.74, 6) is 1.07. The van der Waals surface area contributed by atoms with Crippen LogP contribution in [-0.2, 0) is 0 Å². The lowest BCUT2D eigenvalue weighted by molar-refractivity contribution is -0.636. The van der Waals surface area contributed by atoms with Crippen molar-refractivity contribution in [1.29, 1.82) is 0 Å². The van der Waals surface area contributed by atoms with Gasteiger partial charge in [-0.3, -0.25) is 0 Å². The van der Waals surface area contributed by atoms with Gasteiger partial charge in [-0.15, -0.1) is 0 Å². The first kappa shape index (κ1) is 17.0. The van der Waals surface area contributed by atoms with Crippen LogP contribution in [0, 0.1) is 0 Å². The molecule has 0 atom stereocenters. The molecule has 0 saturated heterocycles. The Morgan fingerprint density at radius 1 is 1.00 bits per heavy atom. The molecule has 1 aromatic heterocycles. The van der Waals surface area contributed by atoms with Gasteiger partial charge in [-0.1, -0.05) is 48.0 Å². The third-order valence-electron chi connectivity index (χ3n) is 3.11. The zero-order chi connectivity index (χ0) is 14.5. The molecule has 1 heterocycles. The number of para-hydroxylation sites is 2. The van der Waals surface area contributed by atoms with Crippen molar-refractivity contribution >= 4 is 11.8 Å². The molecule has 0 fully saturated rings. The van der Waals surface area contributed by atoms with Gasteiger partial charge in [-0.2, -0.15) is 4.57 Å². The van der Waals surface area contributed by atoms with E-state index in [1.807, 2.05) is 35.3 Å². The Hall–Kier alpha value is -1.34. The van der Waals surface area contributed by atoms with Gasteiger partial charge in [0.05, 0.1) is 5.10 Å². The number of rotatable bonds is 5. The Kier molecular flexibility index (Phi) is 6.45. The molecule has 0 spiro atoms. The molecule has 3 rings (SSSR count). The molecule has 0 aliphatic heterocycles.